The molecule has 1 aliphatic heterocycles. The molecule has 0 aliphatic carbocycles. The van der Waals surface area contributed by atoms with E-state index in [1.54, 1.807) is 19.1 Å². The first-order valence-corrected chi connectivity index (χ1v) is 9.60. The molecule has 7 nitrogen and oxygen atoms in total. The number of rotatable bonds is 4. The van der Waals surface area contributed by atoms with Gasteiger partial charge < -0.3 is 18.5 Å². The van der Waals surface area contributed by atoms with Crippen LogP contribution in [0.5, 0.6) is 0 Å². The topological polar surface area (TPSA) is 83.7 Å². The minimum Gasteiger partial charge on any atom is -0.461 e. The predicted octanol–water partition coefficient (Wildman–Crippen LogP) is 3.37. The summed E-state index contributed by atoms with van der Waals surface area (Å²) in [6.45, 7) is 10.1. The first-order valence-electron chi connectivity index (χ1n) is 9.60. The van der Waals surface area contributed by atoms with Gasteiger partial charge in [0.25, 0.3) is 0 Å². The number of hydrogen-bond donors (Lipinski definition) is 0. The molecular formula is C21H23BN2O5. The standard InChI is InChI=1S/C21H23BN2O5/c1-6-26-19(25)16-11-13(9-10-23-16)18-24-15-8-7-14(12-17(15)27-18)22-28-20(2,3)21(4,5)29-22/h7-12H,6H2,1-5H3. The Morgan fingerprint density at radius 2 is 1.83 bits per heavy atom. The summed E-state index contributed by atoms with van der Waals surface area (Å²) in [5.41, 5.74) is 2.21. The Balaban J connectivity index is 1.65. The lowest BCUT2D eigenvalue weighted by atomic mass is 9.79. The zero-order valence-electron chi connectivity index (χ0n) is 17.2. The number of nitrogens with zero attached hydrogens (tertiary/aromatic N) is 2. The fraction of sp³-hybridized carbons (Fsp3) is 0.381. The molecule has 1 aromatic carbocycles. The number of aromatic nitrogens is 2. The minimum absolute atomic E-state index is 0.213. The van der Waals surface area contributed by atoms with Gasteiger partial charge in [-0.15, -0.1) is 0 Å². The molecule has 0 bridgehead atoms. The van der Waals surface area contributed by atoms with Gasteiger partial charge in [-0.25, -0.2) is 14.8 Å². The summed E-state index contributed by atoms with van der Waals surface area (Å²) in [6, 6.07) is 9.02. The van der Waals surface area contributed by atoms with Crippen molar-refractivity contribution < 1.29 is 23.3 Å². The molecule has 0 atom stereocenters. The maximum atomic E-state index is 11.9. The number of oxazole rings is 1. The highest BCUT2D eigenvalue weighted by Crippen LogP contribution is 2.36. The van der Waals surface area contributed by atoms with Gasteiger partial charge in [0.2, 0.25) is 5.89 Å². The van der Waals surface area contributed by atoms with E-state index in [1.807, 2.05) is 45.9 Å². The third-order valence-corrected chi connectivity index (χ3v) is 5.43. The van der Waals surface area contributed by atoms with Crippen LogP contribution in [0.25, 0.3) is 22.6 Å². The molecule has 150 valence electrons. The van der Waals surface area contributed by atoms with Crippen LogP contribution in [0.15, 0.2) is 40.9 Å². The van der Waals surface area contributed by atoms with Crippen molar-refractivity contribution in [2.45, 2.75) is 45.8 Å². The number of hydrogen-bond acceptors (Lipinski definition) is 7. The number of carbonyl (C=O) groups is 1. The molecule has 2 aromatic heterocycles. The summed E-state index contributed by atoms with van der Waals surface area (Å²) in [6.07, 6.45) is 1.53. The van der Waals surface area contributed by atoms with Crippen LogP contribution in [0.2, 0.25) is 0 Å². The highest BCUT2D eigenvalue weighted by Gasteiger charge is 2.51. The maximum Gasteiger partial charge on any atom is 0.494 e. The van der Waals surface area contributed by atoms with Gasteiger partial charge in [-0.2, -0.15) is 0 Å². The first kappa shape index (κ1) is 19.6. The Labute approximate surface area is 169 Å². The van der Waals surface area contributed by atoms with Crippen molar-refractivity contribution in [1.82, 2.24) is 9.97 Å². The van der Waals surface area contributed by atoms with Crippen molar-refractivity contribution in [2.24, 2.45) is 0 Å². The van der Waals surface area contributed by atoms with Crippen molar-refractivity contribution in [2.75, 3.05) is 6.61 Å². The smallest absolute Gasteiger partial charge is 0.461 e. The Morgan fingerprint density at radius 3 is 2.52 bits per heavy atom. The highest BCUT2D eigenvalue weighted by molar-refractivity contribution is 6.62. The Kier molecular flexibility index (Phi) is 4.71. The SMILES string of the molecule is CCOC(=O)c1cc(-c2nc3ccc(B4OC(C)(C)C(C)(C)O4)cc3o2)ccn1. The summed E-state index contributed by atoms with van der Waals surface area (Å²) in [5.74, 6) is -0.0764. The van der Waals surface area contributed by atoms with E-state index in [9.17, 15) is 4.79 Å². The molecule has 1 fully saturated rings. The zero-order chi connectivity index (χ0) is 20.8. The van der Waals surface area contributed by atoms with Gasteiger partial charge in [0.05, 0.1) is 17.8 Å². The van der Waals surface area contributed by atoms with Crippen molar-refractivity contribution in [1.29, 1.82) is 0 Å². The van der Waals surface area contributed by atoms with Crippen LogP contribution in [-0.4, -0.2) is 40.9 Å². The second kappa shape index (κ2) is 6.97. The maximum absolute atomic E-state index is 11.9. The van der Waals surface area contributed by atoms with Crippen molar-refractivity contribution in [3.05, 3.63) is 42.2 Å². The van der Waals surface area contributed by atoms with E-state index < -0.39 is 24.3 Å². The first-order chi connectivity index (χ1) is 13.7. The van der Waals surface area contributed by atoms with Gasteiger partial charge in [-0.1, -0.05) is 6.07 Å². The number of fused-ring (bicyclic) bond motifs is 1. The van der Waals surface area contributed by atoms with Crippen LogP contribution < -0.4 is 5.46 Å². The number of benzene rings is 1. The average molecular weight is 394 g/mol. The number of carbonyl (C=O) groups excluding carboxylic acids is 1. The normalized spacial score (nSPS) is 17.6. The largest absolute Gasteiger partial charge is 0.494 e. The number of esters is 1. The van der Waals surface area contributed by atoms with E-state index in [4.69, 9.17) is 18.5 Å². The number of pyridine rings is 1. The molecule has 0 saturated carbocycles. The molecular weight excluding hydrogens is 371 g/mol. The quantitative estimate of drug-likeness (QED) is 0.496. The fourth-order valence-electron chi connectivity index (χ4n) is 3.07. The van der Waals surface area contributed by atoms with Crippen LogP contribution >= 0.6 is 0 Å². The van der Waals surface area contributed by atoms with E-state index in [0.29, 0.717) is 22.6 Å². The molecule has 1 aliphatic rings. The highest BCUT2D eigenvalue weighted by atomic mass is 16.7. The average Bonchev–Trinajstić information content (AvgIpc) is 3.19. The van der Waals surface area contributed by atoms with E-state index in [1.165, 1.54) is 6.20 Å². The zero-order valence-corrected chi connectivity index (χ0v) is 17.2. The predicted molar refractivity (Wildman–Crippen MR) is 109 cm³/mol. The van der Waals surface area contributed by atoms with Crippen LogP contribution in [0.3, 0.4) is 0 Å². The summed E-state index contributed by atoms with van der Waals surface area (Å²) in [5, 5.41) is 0. The van der Waals surface area contributed by atoms with E-state index in [0.717, 1.165) is 5.46 Å². The lowest BCUT2D eigenvalue weighted by Crippen LogP contribution is -2.41. The lowest BCUT2D eigenvalue weighted by molar-refractivity contribution is 0.00578. The van der Waals surface area contributed by atoms with Crippen LogP contribution in [0.1, 0.15) is 45.1 Å². The van der Waals surface area contributed by atoms with Crippen molar-refractivity contribution >= 4 is 29.7 Å². The van der Waals surface area contributed by atoms with Gasteiger partial charge in [-0.05, 0) is 64.3 Å². The molecule has 0 unspecified atom stereocenters. The fourth-order valence-corrected chi connectivity index (χ4v) is 3.07. The molecule has 3 heterocycles. The van der Waals surface area contributed by atoms with Gasteiger partial charge >= 0.3 is 13.1 Å². The monoisotopic (exact) mass is 394 g/mol. The molecule has 29 heavy (non-hydrogen) atoms. The molecule has 4 rings (SSSR count). The summed E-state index contributed by atoms with van der Waals surface area (Å²) < 4.78 is 23.2. The molecule has 0 spiro atoms. The Bertz CT molecular complexity index is 1060. The van der Waals surface area contributed by atoms with Crippen LogP contribution in [-0.2, 0) is 14.0 Å². The molecule has 8 heteroatoms. The molecule has 0 amide bonds. The number of ether oxygens (including phenoxy) is 1. The molecule has 0 N–H and O–H groups in total. The van der Waals surface area contributed by atoms with E-state index in [-0.39, 0.29) is 12.3 Å². The van der Waals surface area contributed by atoms with Crippen molar-refractivity contribution in [3.8, 4) is 11.5 Å². The second-order valence-corrected chi connectivity index (χ2v) is 7.98. The van der Waals surface area contributed by atoms with Gasteiger partial charge in [0, 0.05) is 11.8 Å². The van der Waals surface area contributed by atoms with E-state index in [2.05, 4.69) is 9.97 Å². The van der Waals surface area contributed by atoms with Gasteiger partial charge in [0.15, 0.2) is 5.58 Å². The summed E-state index contributed by atoms with van der Waals surface area (Å²) in [7, 11) is -0.478. The molecule has 3 aromatic rings. The second-order valence-electron chi connectivity index (χ2n) is 7.98. The van der Waals surface area contributed by atoms with E-state index >= 15 is 0 Å². The summed E-state index contributed by atoms with van der Waals surface area (Å²) in [4.78, 5) is 20.5. The third-order valence-electron chi connectivity index (χ3n) is 5.43. The van der Waals surface area contributed by atoms with Crippen LogP contribution in [0.4, 0.5) is 0 Å². The summed E-state index contributed by atoms with van der Waals surface area (Å²) >= 11 is 0. The molecule has 1 saturated heterocycles. The van der Waals surface area contributed by atoms with Gasteiger partial charge in [-0.3, -0.25) is 0 Å². The third kappa shape index (κ3) is 3.54. The van der Waals surface area contributed by atoms with Crippen molar-refractivity contribution in [3.63, 3.8) is 0 Å². The van der Waals surface area contributed by atoms with Crippen LogP contribution in [0, 0.1) is 0 Å². The molecule has 0 radical (unpaired) electrons. The van der Waals surface area contributed by atoms with Gasteiger partial charge in [0.1, 0.15) is 11.2 Å². The Morgan fingerprint density at radius 1 is 1.10 bits per heavy atom. The Hall–Kier alpha value is -2.71. The minimum atomic E-state index is -0.478. The lowest BCUT2D eigenvalue weighted by Gasteiger charge is -2.32.